The molecular formula is C23H22FN9O. The molecule has 1 amide bonds. The first-order chi connectivity index (χ1) is 16.5. The Morgan fingerprint density at radius 1 is 1.06 bits per heavy atom. The quantitative estimate of drug-likeness (QED) is 0.468. The Morgan fingerprint density at radius 2 is 1.91 bits per heavy atom. The molecule has 1 aliphatic heterocycles. The molecule has 1 saturated carbocycles. The van der Waals surface area contributed by atoms with Crippen LogP contribution >= 0.6 is 0 Å². The van der Waals surface area contributed by atoms with Crippen LogP contribution in [-0.2, 0) is 6.54 Å². The van der Waals surface area contributed by atoms with E-state index in [1.165, 1.54) is 12.1 Å². The van der Waals surface area contributed by atoms with Crippen molar-refractivity contribution in [3.05, 3.63) is 65.8 Å². The lowest BCUT2D eigenvalue weighted by Crippen LogP contribution is -2.24. The van der Waals surface area contributed by atoms with Crippen LogP contribution in [0.4, 0.5) is 21.8 Å². The van der Waals surface area contributed by atoms with Gasteiger partial charge in [-0.15, -0.1) is 5.10 Å². The number of carbonyl (C=O) groups is 1. The van der Waals surface area contributed by atoms with Gasteiger partial charge in [0.1, 0.15) is 23.2 Å². The number of aryl methyl sites for hydroxylation is 1. The lowest BCUT2D eigenvalue weighted by atomic mass is 10.2. The molecule has 4 aromatic heterocycles. The van der Waals surface area contributed by atoms with Crippen molar-refractivity contribution in [3.8, 4) is 0 Å². The molecule has 2 aliphatic rings. The zero-order valence-electron chi connectivity index (χ0n) is 18.4. The molecule has 0 radical (unpaired) electrons. The van der Waals surface area contributed by atoms with E-state index in [-0.39, 0.29) is 23.8 Å². The highest BCUT2D eigenvalue weighted by molar-refractivity contribution is 6.08. The molecule has 1 aliphatic carbocycles. The second-order valence-electron chi connectivity index (χ2n) is 8.66. The van der Waals surface area contributed by atoms with Crippen molar-refractivity contribution in [3.63, 3.8) is 0 Å². The Bertz CT molecular complexity index is 1390. The number of amides is 1. The molecule has 6 rings (SSSR count). The van der Waals surface area contributed by atoms with E-state index in [1.807, 2.05) is 12.1 Å². The molecule has 4 aromatic rings. The van der Waals surface area contributed by atoms with E-state index in [0.717, 1.165) is 36.3 Å². The molecule has 0 spiro atoms. The van der Waals surface area contributed by atoms with Crippen LogP contribution in [0.1, 0.15) is 41.1 Å². The number of aromatic nitrogens is 6. The number of halogens is 1. The van der Waals surface area contributed by atoms with Crippen LogP contribution in [-0.4, -0.2) is 47.5 Å². The highest BCUT2D eigenvalue weighted by Gasteiger charge is 2.31. The molecule has 0 bridgehead atoms. The second kappa shape index (κ2) is 8.01. The summed E-state index contributed by atoms with van der Waals surface area (Å²) in [5.74, 6) is 1.38. The number of nitrogens with zero attached hydrogens (tertiary/aromatic N) is 7. The summed E-state index contributed by atoms with van der Waals surface area (Å²) in [4.78, 5) is 31.7. The van der Waals surface area contributed by atoms with Crippen LogP contribution in [0.2, 0.25) is 0 Å². The van der Waals surface area contributed by atoms with Gasteiger partial charge < -0.3 is 15.5 Å². The number of anilines is 3. The summed E-state index contributed by atoms with van der Waals surface area (Å²) in [6.45, 7) is 2.22. The van der Waals surface area contributed by atoms with Crippen LogP contribution in [0.15, 0.2) is 42.9 Å². The second-order valence-corrected chi connectivity index (χ2v) is 8.66. The third kappa shape index (κ3) is 3.78. The van der Waals surface area contributed by atoms with Crippen LogP contribution in [0.5, 0.6) is 0 Å². The minimum Gasteiger partial charge on any atom is -0.367 e. The van der Waals surface area contributed by atoms with Gasteiger partial charge in [-0.25, -0.2) is 23.9 Å². The maximum Gasteiger partial charge on any atom is 0.277 e. The van der Waals surface area contributed by atoms with Gasteiger partial charge in [-0.1, -0.05) is 0 Å². The average molecular weight is 459 g/mol. The van der Waals surface area contributed by atoms with Crippen LogP contribution < -0.4 is 15.5 Å². The zero-order chi connectivity index (χ0) is 23.2. The molecule has 2 atom stereocenters. The van der Waals surface area contributed by atoms with E-state index in [4.69, 9.17) is 0 Å². The molecule has 11 heteroatoms. The van der Waals surface area contributed by atoms with Gasteiger partial charge in [-0.2, -0.15) is 4.98 Å². The Labute approximate surface area is 194 Å². The predicted molar refractivity (Wildman–Crippen MR) is 123 cm³/mol. The molecule has 0 aromatic carbocycles. The number of carbonyl (C=O) groups excluding carboxylic acids is 1. The van der Waals surface area contributed by atoms with E-state index in [2.05, 4.69) is 35.7 Å². The lowest BCUT2D eigenvalue weighted by Gasteiger charge is -2.17. The molecule has 34 heavy (non-hydrogen) atoms. The first-order valence-corrected chi connectivity index (χ1v) is 11.2. The van der Waals surface area contributed by atoms with Gasteiger partial charge >= 0.3 is 0 Å². The van der Waals surface area contributed by atoms with Crippen molar-refractivity contribution in [1.29, 1.82) is 0 Å². The van der Waals surface area contributed by atoms with E-state index in [0.29, 0.717) is 29.7 Å². The summed E-state index contributed by atoms with van der Waals surface area (Å²) in [5, 5.41) is 11.2. The number of rotatable bonds is 5. The monoisotopic (exact) mass is 459 g/mol. The largest absolute Gasteiger partial charge is 0.367 e. The van der Waals surface area contributed by atoms with Crippen molar-refractivity contribution in [1.82, 2.24) is 29.5 Å². The highest BCUT2D eigenvalue weighted by atomic mass is 19.1. The maximum atomic E-state index is 13.4. The molecule has 2 N–H and O–H groups in total. The summed E-state index contributed by atoms with van der Waals surface area (Å²) < 4.78 is 14.9. The topological polar surface area (TPSA) is 113 Å². The first kappa shape index (κ1) is 20.5. The molecule has 1 fully saturated rings. The van der Waals surface area contributed by atoms with Crippen molar-refractivity contribution in [2.75, 3.05) is 15.5 Å². The van der Waals surface area contributed by atoms with Gasteiger partial charge in [0.25, 0.3) is 5.91 Å². The van der Waals surface area contributed by atoms with Crippen molar-refractivity contribution >= 4 is 29.0 Å². The van der Waals surface area contributed by atoms with E-state index in [9.17, 15) is 9.18 Å². The smallest absolute Gasteiger partial charge is 0.277 e. The fourth-order valence-corrected chi connectivity index (χ4v) is 4.56. The summed E-state index contributed by atoms with van der Waals surface area (Å²) in [7, 11) is 0. The molecule has 10 nitrogen and oxygen atoms in total. The van der Waals surface area contributed by atoms with E-state index in [1.54, 1.807) is 34.9 Å². The maximum absolute atomic E-state index is 13.4. The highest BCUT2D eigenvalue weighted by Crippen LogP contribution is 2.28. The third-order valence-corrected chi connectivity index (χ3v) is 6.24. The summed E-state index contributed by atoms with van der Waals surface area (Å²) >= 11 is 0. The Balaban J connectivity index is 1.07. The van der Waals surface area contributed by atoms with Gasteiger partial charge in [0.2, 0.25) is 5.95 Å². The molecule has 5 heterocycles. The average Bonchev–Trinajstić information content (AvgIpc) is 3.52. The SMILES string of the molecule is Cc1ncc2c(n1)C(=O)N(c1ccc(N[C@H]3CC[C@H](Nc4nc5cc(F)ccn5n4)C3)nc1)C2. The van der Waals surface area contributed by atoms with E-state index >= 15 is 0 Å². The normalized spacial score (nSPS) is 19.6. The third-order valence-electron chi connectivity index (χ3n) is 6.24. The summed E-state index contributed by atoms with van der Waals surface area (Å²) in [6.07, 6.45) is 7.79. The standard InChI is InChI=1S/C23H22FN9O/c1-13-25-10-14-12-32(22(34)21(14)27-13)18-4-5-19(26-11-18)28-16-2-3-17(9-16)29-23-30-20-8-15(24)6-7-33(20)31-23/h4-8,10-11,16-17H,2-3,9,12H2,1H3,(H,26,28)(H,29,31)/t16-,17-/m0/s1. The van der Waals surface area contributed by atoms with Crippen LogP contribution in [0.25, 0.3) is 5.65 Å². The minimum atomic E-state index is -0.336. The van der Waals surface area contributed by atoms with Gasteiger partial charge in [-0.05, 0) is 44.4 Å². The molecular weight excluding hydrogens is 437 g/mol. The number of hydrogen-bond acceptors (Lipinski definition) is 8. The molecule has 0 unspecified atom stereocenters. The number of pyridine rings is 2. The molecule has 0 saturated heterocycles. The van der Waals surface area contributed by atoms with E-state index < -0.39 is 0 Å². The van der Waals surface area contributed by atoms with Crippen molar-refractivity contribution < 1.29 is 9.18 Å². The Morgan fingerprint density at radius 3 is 2.74 bits per heavy atom. The first-order valence-electron chi connectivity index (χ1n) is 11.2. The number of nitrogens with one attached hydrogen (secondary N) is 2. The fraction of sp³-hybridized carbons (Fsp3) is 0.304. The zero-order valence-corrected chi connectivity index (χ0v) is 18.4. The Hall–Kier alpha value is -4.15. The lowest BCUT2D eigenvalue weighted by molar-refractivity contribution is 0.0992. The van der Waals surface area contributed by atoms with Crippen LogP contribution in [0, 0.1) is 12.7 Å². The summed E-state index contributed by atoms with van der Waals surface area (Å²) in [6, 6.07) is 6.96. The van der Waals surface area contributed by atoms with Crippen molar-refractivity contribution in [2.24, 2.45) is 0 Å². The van der Waals surface area contributed by atoms with Gasteiger partial charge in [-0.3, -0.25) is 4.79 Å². The van der Waals surface area contributed by atoms with Crippen LogP contribution in [0.3, 0.4) is 0 Å². The number of fused-ring (bicyclic) bond motifs is 2. The minimum absolute atomic E-state index is 0.129. The van der Waals surface area contributed by atoms with Gasteiger partial charge in [0.05, 0.1) is 18.4 Å². The molecule has 172 valence electrons. The van der Waals surface area contributed by atoms with Crippen molar-refractivity contribution in [2.45, 2.75) is 44.8 Å². The Kier molecular flexibility index (Phi) is 4.82. The van der Waals surface area contributed by atoms with Gasteiger partial charge in [0.15, 0.2) is 5.65 Å². The van der Waals surface area contributed by atoms with Gasteiger partial charge in [0, 0.05) is 36.1 Å². The number of hydrogen-bond donors (Lipinski definition) is 2. The summed E-state index contributed by atoms with van der Waals surface area (Å²) in [5.41, 5.74) is 2.49. The predicted octanol–water partition coefficient (Wildman–Crippen LogP) is 2.97. The fourth-order valence-electron chi connectivity index (χ4n) is 4.56.